The number of benzene rings is 9. The van der Waals surface area contributed by atoms with Gasteiger partial charge >= 0.3 is 0 Å². The first-order valence-electron chi connectivity index (χ1n) is 22.9. The van der Waals surface area contributed by atoms with Crippen molar-refractivity contribution >= 4 is 82.0 Å². The number of para-hydroxylation sites is 6. The molecule has 0 bridgehead atoms. The Morgan fingerprint density at radius 1 is 0.382 bits per heavy atom. The minimum Gasteiger partial charge on any atom is -0.309 e. The molecule has 0 unspecified atom stereocenters. The third-order valence-electron chi connectivity index (χ3n) is 13.6. The number of fused-ring (bicyclic) bond motifs is 14. The van der Waals surface area contributed by atoms with Crippen LogP contribution in [0.1, 0.15) is 5.56 Å². The van der Waals surface area contributed by atoms with Gasteiger partial charge in [-0.1, -0.05) is 140 Å². The Kier molecular flexibility index (Phi) is 10.1. The zero-order chi connectivity index (χ0) is 44.6. The summed E-state index contributed by atoms with van der Waals surface area (Å²) in [6, 6.07) is 80.9. The van der Waals surface area contributed by atoms with Crippen molar-refractivity contribution in [1.29, 1.82) is 0 Å². The number of imidazole rings is 1. The van der Waals surface area contributed by atoms with Gasteiger partial charge in [0.1, 0.15) is 12.7 Å². The summed E-state index contributed by atoms with van der Waals surface area (Å²) in [5, 5.41) is 8.57. The molecule has 68 heavy (non-hydrogen) atoms. The van der Waals surface area contributed by atoms with Crippen molar-refractivity contribution in [3.63, 3.8) is 0 Å². The molecule has 1 radical (unpaired) electrons. The van der Waals surface area contributed by atoms with E-state index in [1.165, 1.54) is 71.2 Å². The van der Waals surface area contributed by atoms with Gasteiger partial charge in [0.15, 0.2) is 6.20 Å². The molecule has 5 aromatic heterocycles. The topological polar surface area (TPSA) is 31.0 Å². The monoisotopic (exact) mass is 1050 g/mol. The van der Waals surface area contributed by atoms with E-state index < -0.39 is 0 Å². The van der Waals surface area contributed by atoms with E-state index in [1.54, 1.807) is 0 Å². The normalized spacial score (nSPS) is 11.6. The molecule has 0 atom stereocenters. The van der Waals surface area contributed by atoms with E-state index in [2.05, 4.69) is 257 Å². The molecule has 0 saturated carbocycles. The SMILES string of the molecule is Cc1ccccc1-c1cccc[n+]1C.[Ir].c1ccc2c(c1)nc1c3ccccc3c3ccc(-c4cc(-n5c6ccccc6c6ccccc65)cc(-n5c6ccccc6c6ccccc65)c4)cc3n21. The van der Waals surface area contributed by atoms with E-state index in [9.17, 15) is 0 Å². The second-order valence-corrected chi connectivity index (χ2v) is 17.5. The maximum absolute atomic E-state index is 5.16. The van der Waals surface area contributed by atoms with Gasteiger partial charge in [0, 0.05) is 81.5 Å². The van der Waals surface area contributed by atoms with Crippen LogP contribution < -0.4 is 4.57 Å². The molecule has 0 aliphatic carbocycles. The van der Waals surface area contributed by atoms with Gasteiger partial charge in [-0.05, 0) is 102 Å². The first kappa shape index (κ1) is 41.3. The Balaban J connectivity index is 0.000000276. The number of nitrogens with zero attached hydrogens (tertiary/aromatic N) is 5. The predicted molar refractivity (Wildman–Crippen MR) is 280 cm³/mol. The molecule has 5 nitrogen and oxygen atoms in total. The summed E-state index contributed by atoms with van der Waals surface area (Å²) in [5.74, 6) is 0. The van der Waals surface area contributed by atoms with Gasteiger partial charge in [0.25, 0.3) is 0 Å². The quantitative estimate of drug-likeness (QED) is 0.128. The summed E-state index contributed by atoms with van der Waals surface area (Å²) in [6.45, 7) is 2.14. The minimum atomic E-state index is 0. The van der Waals surface area contributed by atoms with E-state index in [0.29, 0.717) is 0 Å². The summed E-state index contributed by atoms with van der Waals surface area (Å²) in [5.41, 5.74) is 17.4. The first-order valence-corrected chi connectivity index (χ1v) is 22.9. The fourth-order valence-corrected chi connectivity index (χ4v) is 10.6. The van der Waals surface area contributed by atoms with Crippen LogP contribution in [-0.2, 0) is 27.2 Å². The Morgan fingerprint density at radius 3 is 1.43 bits per heavy atom. The van der Waals surface area contributed by atoms with Gasteiger partial charge in [-0.3, -0.25) is 4.40 Å². The predicted octanol–water partition coefficient (Wildman–Crippen LogP) is 15.1. The second kappa shape index (κ2) is 16.6. The average molecular weight is 1050 g/mol. The number of pyridine rings is 2. The zero-order valence-electron chi connectivity index (χ0n) is 37.5. The minimum absolute atomic E-state index is 0. The molecule has 0 aliphatic heterocycles. The molecule has 0 aliphatic rings. The molecule has 0 saturated heterocycles. The van der Waals surface area contributed by atoms with Gasteiger partial charge in [-0.25, -0.2) is 9.55 Å². The summed E-state index contributed by atoms with van der Waals surface area (Å²) >= 11 is 0. The van der Waals surface area contributed by atoms with Crippen LogP contribution in [0.3, 0.4) is 0 Å². The second-order valence-electron chi connectivity index (χ2n) is 17.5. The van der Waals surface area contributed by atoms with Crippen molar-refractivity contribution in [3.05, 3.63) is 236 Å². The largest absolute Gasteiger partial charge is 0.309 e. The van der Waals surface area contributed by atoms with Crippen LogP contribution >= 0.6 is 0 Å². The number of rotatable bonds is 4. The first-order chi connectivity index (χ1) is 33.1. The fraction of sp³-hybridized carbons (Fsp3) is 0.0323. The van der Waals surface area contributed by atoms with Crippen molar-refractivity contribution in [3.8, 4) is 33.8 Å². The molecule has 14 aromatic rings. The fourth-order valence-electron chi connectivity index (χ4n) is 10.6. The van der Waals surface area contributed by atoms with E-state index >= 15 is 0 Å². The van der Waals surface area contributed by atoms with Crippen LogP contribution in [0, 0.1) is 6.92 Å². The van der Waals surface area contributed by atoms with Crippen molar-refractivity contribution in [1.82, 2.24) is 18.5 Å². The van der Waals surface area contributed by atoms with Gasteiger partial charge in [0.05, 0.1) is 38.6 Å². The van der Waals surface area contributed by atoms with Crippen molar-refractivity contribution in [2.45, 2.75) is 6.92 Å². The molecule has 5 heterocycles. The van der Waals surface area contributed by atoms with Gasteiger partial charge in [0.2, 0.25) is 5.69 Å². The summed E-state index contributed by atoms with van der Waals surface area (Å²) < 4.78 is 9.35. The van der Waals surface area contributed by atoms with Crippen molar-refractivity contribution in [2.24, 2.45) is 7.05 Å². The van der Waals surface area contributed by atoms with Crippen LogP contribution in [-0.4, -0.2) is 18.5 Å². The summed E-state index contributed by atoms with van der Waals surface area (Å²) in [7, 11) is 2.07. The molecule has 0 N–H and O–H groups in total. The zero-order valence-corrected chi connectivity index (χ0v) is 39.9. The average Bonchev–Trinajstić information content (AvgIpc) is 4.05. The smallest absolute Gasteiger partial charge is 0.212 e. The van der Waals surface area contributed by atoms with Crippen molar-refractivity contribution < 1.29 is 24.7 Å². The molecular weight excluding hydrogens is 1010 g/mol. The van der Waals surface area contributed by atoms with Crippen molar-refractivity contribution in [2.75, 3.05) is 0 Å². The maximum atomic E-state index is 5.16. The van der Waals surface area contributed by atoms with Crippen LogP contribution in [0.5, 0.6) is 0 Å². The molecule has 0 amide bonds. The van der Waals surface area contributed by atoms with Crippen LogP contribution in [0.15, 0.2) is 231 Å². The number of hydrogen-bond donors (Lipinski definition) is 0. The van der Waals surface area contributed by atoms with E-state index in [1.807, 2.05) is 6.07 Å². The molecule has 6 heteroatoms. The Labute approximate surface area is 406 Å². The Hall–Kier alpha value is -8.15. The van der Waals surface area contributed by atoms with Crippen LogP contribution in [0.25, 0.3) is 116 Å². The number of aryl methyl sites for hydroxylation is 2. The van der Waals surface area contributed by atoms with E-state index in [4.69, 9.17) is 4.98 Å². The Morgan fingerprint density at radius 2 is 0.853 bits per heavy atom. The third-order valence-corrected chi connectivity index (χ3v) is 13.6. The van der Waals surface area contributed by atoms with E-state index in [-0.39, 0.29) is 20.1 Å². The molecule has 0 spiro atoms. The molecule has 14 rings (SSSR count). The van der Waals surface area contributed by atoms with Gasteiger partial charge in [-0.2, -0.15) is 0 Å². The summed E-state index contributed by atoms with van der Waals surface area (Å²) in [6.07, 6.45) is 2.07. The Bertz CT molecular complexity index is 3990. The van der Waals surface area contributed by atoms with Crippen LogP contribution in [0.2, 0.25) is 0 Å². The van der Waals surface area contributed by atoms with E-state index in [0.717, 1.165) is 50.1 Å². The van der Waals surface area contributed by atoms with Crippen LogP contribution in [0.4, 0.5) is 0 Å². The maximum Gasteiger partial charge on any atom is 0.212 e. The number of aromatic nitrogens is 5. The molecule has 0 fully saturated rings. The summed E-state index contributed by atoms with van der Waals surface area (Å²) in [4.78, 5) is 5.16. The molecule has 325 valence electrons. The standard InChI is InChI=1S/C49H30N4.C13H14N.Ir/c1-2-18-41-35(13-1)40-26-25-31(29-48(40)53-47-24-12-7-19-42(47)50-49(41)53)32-27-33(51-43-20-8-3-14-36(43)37-15-4-9-21-44(37)51)30-34(28-32)52-45-22-10-5-16-38(45)39-17-6-11-23-46(39)52;1-11-7-3-4-8-12(11)13-9-5-6-10-14(13)2;/h1-30H;3-10H,1-2H3;/q;+1;. The van der Waals surface area contributed by atoms with Gasteiger partial charge < -0.3 is 9.13 Å². The molecular formula is C62H44IrN5+. The van der Waals surface area contributed by atoms with Gasteiger partial charge in [-0.15, -0.1) is 0 Å². The number of hydrogen-bond acceptors (Lipinski definition) is 1. The third kappa shape index (κ3) is 6.56. The molecule has 9 aromatic carbocycles.